The van der Waals surface area contributed by atoms with Gasteiger partial charge in [-0.1, -0.05) is 32.4 Å². The van der Waals surface area contributed by atoms with Crippen LogP contribution in [0.5, 0.6) is 5.75 Å². The Morgan fingerprint density at radius 1 is 1.28 bits per heavy atom. The summed E-state index contributed by atoms with van der Waals surface area (Å²) in [6.45, 7) is 6.79. The maximum atomic E-state index is 13.5. The van der Waals surface area contributed by atoms with Gasteiger partial charge in [-0.15, -0.1) is 0 Å². The molecule has 2 aromatic rings. The number of aliphatic hydroxyl groups excluding tert-OH is 1. The summed E-state index contributed by atoms with van der Waals surface area (Å²) in [5.41, 5.74) is 1.39. The summed E-state index contributed by atoms with van der Waals surface area (Å²) < 4.78 is 19.4. The van der Waals surface area contributed by atoms with Gasteiger partial charge in [-0.2, -0.15) is 0 Å². The second kappa shape index (κ2) is 8.23. The van der Waals surface area contributed by atoms with E-state index >= 15 is 0 Å². The highest BCUT2D eigenvalue weighted by atomic mass is 35.5. The number of benzene rings is 2. The fourth-order valence-corrected chi connectivity index (χ4v) is 5.66. The topological polar surface area (TPSA) is 78.8 Å². The van der Waals surface area contributed by atoms with E-state index in [9.17, 15) is 19.4 Å². The molecule has 3 N–H and O–H groups in total. The molecule has 2 fully saturated rings. The van der Waals surface area contributed by atoms with E-state index in [0.29, 0.717) is 17.2 Å². The van der Waals surface area contributed by atoms with Crippen LogP contribution in [0.1, 0.15) is 56.0 Å². The number of halogens is 2. The molecule has 0 spiro atoms. The first kappa shape index (κ1) is 22.9. The second-order valence-corrected chi connectivity index (χ2v) is 10.2. The number of aromatic hydroxyl groups is 1. The number of esters is 1. The van der Waals surface area contributed by atoms with Crippen molar-refractivity contribution in [3.63, 3.8) is 0 Å². The van der Waals surface area contributed by atoms with E-state index in [-0.39, 0.29) is 45.7 Å². The van der Waals surface area contributed by atoms with Crippen LogP contribution in [0, 0.1) is 22.6 Å². The smallest absolute Gasteiger partial charge is 0.338 e. The van der Waals surface area contributed by atoms with Gasteiger partial charge in [0.25, 0.3) is 0 Å². The van der Waals surface area contributed by atoms with Crippen molar-refractivity contribution < 1.29 is 24.1 Å². The summed E-state index contributed by atoms with van der Waals surface area (Å²) in [6, 6.07) is 8.78. The third-order valence-electron chi connectivity index (χ3n) is 7.94. The molecule has 0 saturated heterocycles. The Labute approximate surface area is 192 Å². The van der Waals surface area contributed by atoms with E-state index in [4.69, 9.17) is 16.3 Å². The molecule has 0 aliphatic heterocycles. The van der Waals surface area contributed by atoms with Crippen LogP contribution in [-0.4, -0.2) is 28.5 Å². The second-order valence-electron chi connectivity index (χ2n) is 9.84. The molecular formula is C25H29ClFNO4. The first-order chi connectivity index (χ1) is 15.0. The largest absolute Gasteiger partial charge is 0.506 e. The minimum Gasteiger partial charge on any atom is -0.506 e. The molecule has 5 nitrogen and oxygen atoms in total. The fraction of sp³-hybridized carbons (Fsp3) is 0.480. The molecule has 2 aliphatic carbocycles. The average Bonchev–Trinajstić information content (AvgIpc) is 3.05. The first-order valence-electron chi connectivity index (χ1n) is 10.9. The molecule has 2 saturated carbocycles. The Morgan fingerprint density at radius 3 is 2.56 bits per heavy atom. The number of hydrogen-bond donors (Lipinski definition) is 3. The van der Waals surface area contributed by atoms with Crippen molar-refractivity contribution in [2.45, 2.75) is 58.8 Å². The molecule has 0 radical (unpaired) electrons. The lowest BCUT2D eigenvalue weighted by Gasteiger charge is -2.38. The van der Waals surface area contributed by atoms with E-state index in [1.807, 2.05) is 0 Å². The van der Waals surface area contributed by atoms with Gasteiger partial charge in [0.15, 0.2) is 0 Å². The molecule has 2 bridgehead atoms. The summed E-state index contributed by atoms with van der Waals surface area (Å²) in [4.78, 5) is 12.7. The van der Waals surface area contributed by atoms with Gasteiger partial charge in [0.1, 0.15) is 23.9 Å². The lowest BCUT2D eigenvalue weighted by atomic mass is 9.70. The molecule has 2 aromatic carbocycles. The van der Waals surface area contributed by atoms with Crippen LogP contribution in [0.3, 0.4) is 0 Å². The maximum Gasteiger partial charge on any atom is 0.338 e. The molecule has 4 unspecified atom stereocenters. The van der Waals surface area contributed by atoms with Crippen molar-refractivity contribution in [2.75, 3.05) is 5.32 Å². The number of fused-ring (bicyclic) bond motifs is 2. The van der Waals surface area contributed by atoms with Crippen molar-refractivity contribution in [1.29, 1.82) is 0 Å². The number of carbonyl (C=O) groups excluding carboxylic acids is 1. The normalized spacial score (nSPS) is 26.7. The zero-order chi connectivity index (χ0) is 23.3. The van der Waals surface area contributed by atoms with Crippen LogP contribution in [0.25, 0.3) is 0 Å². The van der Waals surface area contributed by atoms with Gasteiger partial charge in [0.2, 0.25) is 0 Å². The quantitative estimate of drug-likeness (QED) is 0.389. The molecule has 2 aliphatic rings. The van der Waals surface area contributed by atoms with Crippen LogP contribution < -0.4 is 5.32 Å². The molecule has 7 heteroatoms. The lowest BCUT2D eigenvalue weighted by Crippen LogP contribution is -2.38. The molecule has 172 valence electrons. The number of rotatable bonds is 6. The van der Waals surface area contributed by atoms with E-state index in [1.54, 1.807) is 24.3 Å². The number of phenolic OH excluding ortho intramolecular Hbond substituents is 1. The Morgan fingerprint density at radius 2 is 1.97 bits per heavy atom. The number of hydrogen-bond acceptors (Lipinski definition) is 5. The predicted molar refractivity (Wildman–Crippen MR) is 121 cm³/mol. The number of carbonyl (C=O) groups is 1. The number of anilines is 1. The Balaban J connectivity index is 1.37. The van der Waals surface area contributed by atoms with E-state index < -0.39 is 12.0 Å². The maximum absolute atomic E-state index is 13.5. The van der Waals surface area contributed by atoms with Crippen molar-refractivity contribution >= 4 is 23.3 Å². The third-order valence-corrected chi connectivity index (χ3v) is 8.23. The summed E-state index contributed by atoms with van der Waals surface area (Å²) in [7, 11) is 0. The van der Waals surface area contributed by atoms with E-state index in [2.05, 4.69) is 26.1 Å². The third kappa shape index (κ3) is 3.95. The van der Waals surface area contributed by atoms with Crippen molar-refractivity contribution in [2.24, 2.45) is 16.7 Å². The van der Waals surface area contributed by atoms with Gasteiger partial charge in [0, 0.05) is 23.1 Å². The number of phenols is 1. The van der Waals surface area contributed by atoms with Gasteiger partial charge in [-0.3, -0.25) is 0 Å². The van der Waals surface area contributed by atoms with E-state index in [0.717, 1.165) is 25.0 Å². The number of ether oxygens (including phenoxy) is 1. The van der Waals surface area contributed by atoms with E-state index in [1.165, 1.54) is 6.42 Å². The van der Waals surface area contributed by atoms with Gasteiger partial charge in [0.05, 0.1) is 10.6 Å². The highest BCUT2D eigenvalue weighted by Gasteiger charge is 2.62. The molecule has 4 rings (SSSR count). The number of aliphatic hydroxyl groups is 1. The van der Waals surface area contributed by atoms with Crippen LogP contribution in [0.15, 0.2) is 36.4 Å². The SMILES string of the molecule is CC1(C)C2CCC1(C)C(OC(=O)c1ccc(NC(O)Cc3cc(F)cc(Cl)c3O)cc1)C2. The standard InChI is InChI=1S/C25H29ClFNO4/c1-24(2)16-8-9-25(24,3)20(12-16)32-23(31)14-4-6-18(7-5-14)28-21(29)11-15-10-17(27)13-19(26)22(15)30/h4-7,10,13,16,20-21,28-30H,8-9,11-12H2,1-3H3. The summed E-state index contributed by atoms with van der Waals surface area (Å²) in [5.74, 6) is -0.605. The highest BCUT2D eigenvalue weighted by Crippen LogP contribution is 2.66. The van der Waals surface area contributed by atoms with Gasteiger partial charge in [-0.25, -0.2) is 9.18 Å². The van der Waals surface area contributed by atoms with Crippen molar-refractivity contribution in [3.8, 4) is 5.75 Å². The van der Waals surface area contributed by atoms with Gasteiger partial charge < -0.3 is 20.3 Å². The lowest BCUT2D eigenvalue weighted by molar-refractivity contribution is -0.0242. The minimum absolute atomic E-state index is 0.00427. The predicted octanol–water partition coefficient (Wildman–Crippen LogP) is 5.53. The van der Waals surface area contributed by atoms with Gasteiger partial charge in [-0.05, 0) is 67.0 Å². The van der Waals surface area contributed by atoms with Gasteiger partial charge >= 0.3 is 5.97 Å². The minimum atomic E-state index is -1.09. The first-order valence-corrected chi connectivity index (χ1v) is 11.3. The monoisotopic (exact) mass is 461 g/mol. The Kier molecular flexibility index (Phi) is 5.88. The summed E-state index contributed by atoms with van der Waals surface area (Å²) >= 11 is 5.78. The summed E-state index contributed by atoms with van der Waals surface area (Å²) in [6.07, 6.45) is 1.97. The molecule has 0 amide bonds. The molecule has 32 heavy (non-hydrogen) atoms. The highest BCUT2D eigenvalue weighted by molar-refractivity contribution is 6.32. The molecule has 4 atom stereocenters. The summed E-state index contributed by atoms with van der Waals surface area (Å²) in [5, 5.41) is 23.0. The van der Waals surface area contributed by atoms with Crippen molar-refractivity contribution in [3.05, 3.63) is 58.4 Å². The molecular weight excluding hydrogens is 433 g/mol. The fourth-order valence-electron chi connectivity index (χ4n) is 5.43. The number of nitrogens with one attached hydrogen (secondary N) is 1. The molecule has 0 aromatic heterocycles. The zero-order valence-corrected chi connectivity index (χ0v) is 19.2. The van der Waals surface area contributed by atoms with Crippen LogP contribution in [0.4, 0.5) is 10.1 Å². The van der Waals surface area contributed by atoms with Crippen molar-refractivity contribution in [1.82, 2.24) is 0 Å². The van der Waals surface area contributed by atoms with Crippen LogP contribution >= 0.6 is 11.6 Å². The zero-order valence-electron chi connectivity index (χ0n) is 18.5. The Hall–Kier alpha value is -2.31. The Bertz CT molecular complexity index is 1030. The molecule has 0 heterocycles. The average molecular weight is 462 g/mol. The van der Waals surface area contributed by atoms with Crippen LogP contribution in [0.2, 0.25) is 5.02 Å². The van der Waals surface area contributed by atoms with Crippen LogP contribution in [-0.2, 0) is 11.2 Å².